The standard InChI is InChI=1S/C20H22N4O2/c1-13(19-14(2)23-24(4)15(19)3)20(25)22-16-6-5-7-18(12-16)26-17-8-10-21-11-9-17/h5-13H,1-4H3,(H,22,25). The Hall–Kier alpha value is -3.15. The lowest BCUT2D eigenvalue weighted by atomic mass is 9.98. The summed E-state index contributed by atoms with van der Waals surface area (Å²) in [6.45, 7) is 5.79. The Morgan fingerprint density at radius 1 is 1.15 bits per heavy atom. The molecule has 134 valence electrons. The molecule has 2 aromatic heterocycles. The van der Waals surface area contributed by atoms with Gasteiger partial charge in [-0.3, -0.25) is 14.5 Å². The third kappa shape index (κ3) is 3.74. The van der Waals surface area contributed by atoms with Gasteiger partial charge in [-0.2, -0.15) is 5.10 Å². The highest BCUT2D eigenvalue weighted by Gasteiger charge is 2.22. The third-order valence-corrected chi connectivity index (χ3v) is 4.38. The molecule has 1 unspecified atom stereocenters. The molecule has 3 rings (SSSR count). The van der Waals surface area contributed by atoms with Crippen molar-refractivity contribution in [3.63, 3.8) is 0 Å². The summed E-state index contributed by atoms with van der Waals surface area (Å²) in [4.78, 5) is 16.7. The van der Waals surface area contributed by atoms with Crippen LogP contribution in [0.5, 0.6) is 11.5 Å². The molecule has 0 spiro atoms. The molecule has 0 saturated carbocycles. The van der Waals surface area contributed by atoms with E-state index < -0.39 is 0 Å². The molecular weight excluding hydrogens is 328 g/mol. The Morgan fingerprint density at radius 3 is 2.54 bits per heavy atom. The van der Waals surface area contributed by atoms with Gasteiger partial charge in [-0.1, -0.05) is 6.07 Å². The zero-order chi connectivity index (χ0) is 18.7. The molecule has 0 aliphatic heterocycles. The number of ether oxygens (including phenoxy) is 1. The number of nitrogens with zero attached hydrogens (tertiary/aromatic N) is 3. The molecule has 1 atom stereocenters. The SMILES string of the molecule is Cc1nn(C)c(C)c1C(C)C(=O)Nc1cccc(Oc2ccncc2)c1. The molecule has 0 fully saturated rings. The molecule has 6 nitrogen and oxygen atoms in total. The van der Waals surface area contributed by atoms with Crippen LogP contribution in [-0.2, 0) is 11.8 Å². The van der Waals surface area contributed by atoms with Gasteiger partial charge >= 0.3 is 0 Å². The minimum absolute atomic E-state index is 0.0785. The van der Waals surface area contributed by atoms with Gasteiger partial charge in [0.1, 0.15) is 11.5 Å². The monoisotopic (exact) mass is 350 g/mol. The molecule has 1 N–H and O–H groups in total. The Kier molecular flexibility index (Phi) is 5.02. The van der Waals surface area contributed by atoms with E-state index in [9.17, 15) is 4.79 Å². The number of rotatable bonds is 5. The van der Waals surface area contributed by atoms with E-state index in [2.05, 4.69) is 15.4 Å². The van der Waals surface area contributed by atoms with Crippen LogP contribution in [0.3, 0.4) is 0 Å². The summed E-state index contributed by atoms with van der Waals surface area (Å²) in [5.74, 6) is 0.965. The van der Waals surface area contributed by atoms with Crippen LogP contribution in [0.1, 0.15) is 29.8 Å². The van der Waals surface area contributed by atoms with Gasteiger partial charge < -0.3 is 10.1 Å². The van der Waals surface area contributed by atoms with Gasteiger partial charge in [-0.15, -0.1) is 0 Å². The van der Waals surface area contributed by atoms with E-state index in [-0.39, 0.29) is 11.8 Å². The highest BCUT2D eigenvalue weighted by atomic mass is 16.5. The fourth-order valence-corrected chi connectivity index (χ4v) is 2.98. The van der Waals surface area contributed by atoms with Crippen molar-refractivity contribution in [2.75, 3.05) is 5.32 Å². The maximum atomic E-state index is 12.7. The predicted molar refractivity (Wildman–Crippen MR) is 100 cm³/mol. The molecule has 6 heteroatoms. The second kappa shape index (κ2) is 7.39. The second-order valence-electron chi connectivity index (χ2n) is 6.23. The number of aryl methyl sites for hydroxylation is 2. The van der Waals surface area contributed by atoms with Gasteiger partial charge in [0.05, 0.1) is 11.6 Å². The van der Waals surface area contributed by atoms with E-state index in [0.717, 1.165) is 17.0 Å². The van der Waals surface area contributed by atoms with Crippen LogP contribution in [0.25, 0.3) is 0 Å². The van der Waals surface area contributed by atoms with Crippen LogP contribution in [-0.4, -0.2) is 20.7 Å². The number of amides is 1. The Balaban J connectivity index is 1.74. The summed E-state index contributed by atoms with van der Waals surface area (Å²) >= 11 is 0. The van der Waals surface area contributed by atoms with E-state index in [1.54, 1.807) is 35.3 Å². The first-order chi connectivity index (χ1) is 12.5. The molecule has 26 heavy (non-hydrogen) atoms. The average Bonchev–Trinajstić information content (AvgIpc) is 2.87. The zero-order valence-corrected chi connectivity index (χ0v) is 15.4. The second-order valence-corrected chi connectivity index (χ2v) is 6.23. The summed E-state index contributed by atoms with van der Waals surface area (Å²) in [6, 6.07) is 10.9. The molecule has 0 aliphatic rings. The van der Waals surface area contributed by atoms with Gasteiger partial charge in [-0.25, -0.2) is 0 Å². The first kappa shape index (κ1) is 17.7. The van der Waals surface area contributed by atoms with E-state index in [0.29, 0.717) is 17.2 Å². The van der Waals surface area contributed by atoms with Crippen molar-refractivity contribution in [3.05, 3.63) is 65.7 Å². The van der Waals surface area contributed by atoms with Crippen LogP contribution in [0.15, 0.2) is 48.8 Å². The molecule has 0 bridgehead atoms. The van der Waals surface area contributed by atoms with Crippen LogP contribution in [0.4, 0.5) is 5.69 Å². The lowest BCUT2D eigenvalue weighted by Crippen LogP contribution is -2.20. The van der Waals surface area contributed by atoms with Crippen molar-refractivity contribution in [2.45, 2.75) is 26.7 Å². The van der Waals surface area contributed by atoms with Crippen LogP contribution >= 0.6 is 0 Å². The topological polar surface area (TPSA) is 69.0 Å². The van der Waals surface area contributed by atoms with Crippen LogP contribution < -0.4 is 10.1 Å². The molecule has 0 aliphatic carbocycles. The number of hydrogen-bond acceptors (Lipinski definition) is 4. The zero-order valence-electron chi connectivity index (χ0n) is 15.4. The molecule has 1 aromatic carbocycles. The number of hydrogen-bond donors (Lipinski definition) is 1. The average molecular weight is 350 g/mol. The Labute approximate surface area is 152 Å². The summed E-state index contributed by atoms with van der Waals surface area (Å²) in [5, 5.41) is 7.36. The van der Waals surface area contributed by atoms with Crippen LogP contribution in [0, 0.1) is 13.8 Å². The van der Waals surface area contributed by atoms with E-state index >= 15 is 0 Å². The predicted octanol–water partition coefficient (Wildman–Crippen LogP) is 3.97. The fraction of sp³-hybridized carbons (Fsp3) is 0.250. The van der Waals surface area contributed by atoms with E-state index in [1.807, 2.05) is 46.0 Å². The normalized spacial score (nSPS) is 11.8. The molecule has 3 aromatic rings. The largest absolute Gasteiger partial charge is 0.457 e. The summed E-state index contributed by atoms with van der Waals surface area (Å²) in [5.41, 5.74) is 3.53. The minimum Gasteiger partial charge on any atom is -0.457 e. The van der Waals surface area contributed by atoms with Gasteiger partial charge in [0.15, 0.2) is 0 Å². The number of pyridine rings is 1. The maximum absolute atomic E-state index is 12.7. The number of nitrogens with one attached hydrogen (secondary N) is 1. The number of benzene rings is 1. The summed E-state index contributed by atoms with van der Waals surface area (Å²) in [6.07, 6.45) is 3.34. The van der Waals surface area contributed by atoms with Gasteiger partial charge in [-0.05, 0) is 45.0 Å². The molecular formula is C20H22N4O2. The number of carbonyl (C=O) groups is 1. The number of anilines is 1. The van der Waals surface area contributed by atoms with Gasteiger partial charge in [0.2, 0.25) is 5.91 Å². The Bertz CT molecular complexity index is 919. The van der Waals surface area contributed by atoms with Crippen molar-refractivity contribution >= 4 is 11.6 Å². The summed E-state index contributed by atoms with van der Waals surface area (Å²) in [7, 11) is 1.89. The first-order valence-electron chi connectivity index (χ1n) is 8.44. The molecule has 1 amide bonds. The third-order valence-electron chi connectivity index (χ3n) is 4.38. The minimum atomic E-state index is -0.298. The Morgan fingerprint density at radius 2 is 1.88 bits per heavy atom. The van der Waals surface area contributed by atoms with Crippen molar-refractivity contribution < 1.29 is 9.53 Å². The smallest absolute Gasteiger partial charge is 0.231 e. The number of aromatic nitrogens is 3. The first-order valence-corrected chi connectivity index (χ1v) is 8.44. The van der Waals surface area contributed by atoms with Gasteiger partial charge in [0.25, 0.3) is 0 Å². The lowest BCUT2D eigenvalue weighted by Gasteiger charge is -2.14. The fourth-order valence-electron chi connectivity index (χ4n) is 2.98. The van der Waals surface area contributed by atoms with Gasteiger partial charge in [0, 0.05) is 42.5 Å². The number of carbonyl (C=O) groups excluding carboxylic acids is 1. The van der Waals surface area contributed by atoms with E-state index in [1.165, 1.54) is 0 Å². The van der Waals surface area contributed by atoms with Crippen molar-refractivity contribution in [2.24, 2.45) is 7.05 Å². The quantitative estimate of drug-likeness (QED) is 0.756. The van der Waals surface area contributed by atoms with Crippen LogP contribution in [0.2, 0.25) is 0 Å². The maximum Gasteiger partial charge on any atom is 0.231 e. The van der Waals surface area contributed by atoms with E-state index in [4.69, 9.17) is 4.74 Å². The highest BCUT2D eigenvalue weighted by molar-refractivity contribution is 5.96. The molecule has 2 heterocycles. The molecule has 0 radical (unpaired) electrons. The van der Waals surface area contributed by atoms with Crippen molar-refractivity contribution in [1.29, 1.82) is 0 Å². The molecule has 0 saturated heterocycles. The summed E-state index contributed by atoms with van der Waals surface area (Å²) < 4.78 is 7.59. The van der Waals surface area contributed by atoms with Crippen molar-refractivity contribution in [3.8, 4) is 11.5 Å². The lowest BCUT2D eigenvalue weighted by molar-refractivity contribution is -0.117. The highest BCUT2D eigenvalue weighted by Crippen LogP contribution is 2.26. The van der Waals surface area contributed by atoms with Crippen molar-refractivity contribution in [1.82, 2.24) is 14.8 Å².